The van der Waals surface area contributed by atoms with Crippen LogP contribution < -0.4 is 0 Å². The lowest BCUT2D eigenvalue weighted by Crippen LogP contribution is -1.53. The normalized spacial score (nSPS) is 14.4. The van der Waals surface area contributed by atoms with Crippen molar-refractivity contribution in [2.24, 2.45) is 0 Å². The van der Waals surface area contributed by atoms with Gasteiger partial charge in [-0.25, -0.2) is 9.13 Å². The van der Waals surface area contributed by atoms with Crippen molar-refractivity contribution >= 4 is 15.5 Å². The SMILES string of the molecule is O=P(F)(F)/C=C/P(=O)(F)F. The molecule has 0 spiro atoms. The van der Waals surface area contributed by atoms with Crippen LogP contribution in [0.1, 0.15) is 0 Å². The lowest BCUT2D eigenvalue weighted by molar-refractivity contribution is 0.500. The summed E-state index contributed by atoms with van der Waals surface area (Å²) in [6.07, 6.45) is 0. The second kappa shape index (κ2) is 2.89. The summed E-state index contributed by atoms with van der Waals surface area (Å²) >= 11 is 0. The zero-order valence-electron chi connectivity index (χ0n) is 4.38. The highest BCUT2D eigenvalue weighted by atomic mass is 31.2. The second-order valence-corrected chi connectivity index (χ2v) is 3.91. The molecule has 0 aliphatic heterocycles. The average Bonchev–Trinajstić information content (AvgIpc) is 1.57. The van der Waals surface area contributed by atoms with Crippen molar-refractivity contribution in [2.45, 2.75) is 0 Å². The van der Waals surface area contributed by atoms with Crippen molar-refractivity contribution in [2.75, 3.05) is 0 Å². The molecule has 0 heterocycles. The Labute approximate surface area is 54.1 Å². The molecule has 10 heavy (non-hydrogen) atoms. The predicted octanol–water partition coefficient (Wildman–Crippen LogP) is 3.72. The van der Waals surface area contributed by atoms with Gasteiger partial charge in [-0.3, -0.25) is 0 Å². The van der Waals surface area contributed by atoms with E-state index in [-0.39, 0.29) is 0 Å². The molecule has 0 unspecified atom stereocenters. The van der Waals surface area contributed by atoms with Gasteiger partial charge >= 0.3 is 15.5 Å². The minimum atomic E-state index is -5.59. The highest BCUT2D eigenvalue weighted by Gasteiger charge is 2.19. The average molecular weight is 196 g/mol. The van der Waals surface area contributed by atoms with Gasteiger partial charge in [0.25, 0.3) is 0 Å². The van der Waals surface area contributed by atoms with Gasteiger partial charge in [0.1, 0.15) is 0 Å². The molecule has 0 N–H and O–H groups in total. The van der Waals surface area contributed by atoms with E-state index in [0.717, 1.165) is 0 Å². The van der Waals surface area contributed by atoms with E-state index >= 15 is 0 Å². The van der Waals surface area contributed by atoms with E-state index in [1.54, 1.807) is 0 Å². The topological polar surface area (TPSA) is 34.1 Å². The lowest BCUT2D eigenvalue weighted by Gasteiger charge is -1.87. The van der Waals surface area contributed by atoms with Gasteiger partial charge in [0, 0.05) is 11.6 Å². The van der Waals surface area contributed by atoms with E-state index in [9.17, 15) is 25.9 Å². The van der Waals surface area contributed by atoms with Crippen molar-refractivity contribution in [3.05, 3.63) is 11.6 Å². The summed E-state index contributed by atoms with van der Waals surface area (Å²) < 4.78 is 63.8. The number of rotatable bonds is 2. The first-order valence-electron chi connectivity index (χ1n) is 1.89. The Balaban J connectivity index is 4.31. The van der Waals surface area contributed by atoms with Crippen LogP contribution >= 0.6 is 15.5 Å². The lowest BCUT2D eigenvalue weighted by atomic mass is 11.3. The van der Waals surface area contributed by atoms with Crippen molar-refractivity contribution in [3.8, 4) is 0 Å². The number of hydrogen-bond acceptors (Lipinski definition) is 2. The Kier molecular flexibility index (Phi) is 2.86. The molecule has 0 aromatic rings. The highest BCUT2D eigenvalue weighted by Crippen LogP contribution is 2.57. The summed E-state index contributed by atoms with van der Waals surface area (Å²) in [5, 5.41) is 0. The van der Waals surface area contributed by atoms with Crippen LogP contribution in [0.2, 0.25) is 0 Å². The molecule has 60 valence electrons. The van der Waals surface area contributed by atoms with Gasteiger partial charge in [0.2, 0.25) is 0 Å². The molecule has 0 atom stereocenters. The smallest absolute Gasteiger partial charge is 0.245 e. The Morgan fingerprint density at radius 1 is 0.800 bits per heavy atom. The van der Waals surface area contributed by atoms with Crippen molar-refractivity contribution < 1.29 is 25.9 Å². The van der Waals surface area contributed by atoms with Crippen molar-refractivity contribution in [3.63, 3.8) is 0 Å². The first-order chi connectivity index (χ1) is 4.21. The van der Waals surface area contributed by atoms with Crippen LogP contribution in [-0.2, 0) is 9.13 Å². The van der Waals surface area contributed by atoms with E-state index in [1.165, 1.54) is 0 Å². The molecular weight excluding hydrogens is 194 g/mol. The summed E-state index contributed by atoms with van der Waals surface area (Å²) in [5.74, 6) is -1.04. The van der Waals surface area contributed by atoms with Gasteiger partial charge in [-0.1, -0.05) is 0 Å². The minimum Gasteiger partial charge on any atom is -0.245 e. The van der Waals surface area contributed by atoms with Crippen LogP contribution in [0.4, 0.5) is 16.8 Å². The fraction of sp³-hybridized carbons (Fsp3) is 0. The van der Waals surface area contributed by atoms with Crippen molar-refractivity contribution in [1.29, 1.82) is 0 Å². The number of hydrogen-bond donors (Lipinski definition) is 0. The molecule has 0 aromatic carbocycles. The van der Waals surface area contributed by atoms with E-state index in [4.69, 9.17) is 0 Å². The van der Waals surface area contributed by atoms with Gasteiger partial charge < -0.3 is 0 Å². The van der Waals surface area contributed by atoms with Crippen LogP contribution in [0.5, 0.6) is 0 Å². The maximum atomic E-state index is 11.3. The van der Waals surface area contributed by atoms with Crippen LogP contribution in [0.25, 0.3) is 0 Å². The monoisotopic (exact) mass is 196 g/mol. The van der Waals surface area contributed by atoms with Crippen LogP contribution in [0.15, 0.2) is 11.6 Å². The molecule has 0 fully saturated rings. The summed E-state index contributed by atoms with van der Waals surface area (Å²) in [4.78, 5) is 0. The number of halogens is 4. The molecule has 0 aliphatic rings. The van der Waals surface area contributed by atoms with Gasteiger partial charge in [0.15, 0.2) is 0 Å². The summed E-state index contributed by atoms with van der Waals surface area (Å²) in [6, 6.07) is 0. The molecule has 0 saturated heterocycles. The molecule has 0 bridgehead atoms. The summed E-state index contributed by atoms with van der Waals surface area (Å²) in [6.45, 7) is 0. The molecule has 0 saturated carbocycles. The van der Waals surface area contributed by atoms with Crippen LogP contribution in [0, 0.1) is 0 Å². The largest absolute Gasteiger partial charge is 0.426 e. The highest BCUT2D eigenvalue weighted by molar-refractivity contribution is 7.60. The molecule has 2 nitrogen and oxygen atoms in total. The Hall–Kier alpha value is -0.0800. The maximum absolute atomic E-state index is 11.3. The molecule has 0 rings (SSSR count). The molecular formula is C2H2F4O2P2. The van der Waals surface area contributed by atoms with Gasteiger partial charge in [-0.05, 0) is 0 Å². The Bertz CT molecular complexity index is 199. The standard InChI is InChI=1S/C2H2F4O2P2/c3-9(4,7)1-2-10(5,6)8/h1-2H/b2-1+. The van der Waals surface area contributed by atoms with Crippen LogP contribution in [0.3, 0.4) is 0 Å². The molecule has 0 aliphatic carbocycles. The summed E-state index contributed by atoms with van der Waals surface area (Å²) in [7, 11) is -11.2. The predicted molar refractivity (Wildman–Crippen MR) is 28.8 cm³/mol. The van der Waals surface area contributed by atoms with E-state index in [2.05, 4.69) is 0 Å². The van der Waals surface area contributed by atoms with Gasteiger partial charge in [0.05, 0.1) is 0 Å². The molecule has 0 amide bonds. The van der Waals surface area contributed by atoms with Crippen molar-refractivity contribution in [1.82, 2.24) is 0 Å². The third-order valence-corrected chi connectivity index (χ3v) is 1.64. The van der Waals surface area contributed by atoms with Gasteiger partial charge in [-0.15, -0.1) is 16.8 Å². The van der Waals surface area contributed by atoms with Crippen LogP contribution in [-0.4, -0.2) is 0 Å². The zero-order chi connectivity index (χ0) is 8.41. The maximum Gasteiger partial charge on any atom is 0.426 e. The first-order valence-corrected chi connectivity index (χ1v) is 5.01. The summed E-state index contributed by atoms with van der Waals surface area (Å²) in [5.41, 5.74) is 0. The minimum absolute atomic E-state index is 0.520. The molecule has 0 radical (unpaired) electrons. The quantitative estimate of drug-likeness (QED) is 0.498. The fourth-order valence-electron chi connectivity index (χ4n) is 0.155. The van der Waals surface area contributed by atoms with E-state index in [0.29, 0.717) is 0 Å². The third-order valence-electron chi connectivity index (χ3n) is 0.414. The van der Waals surface area contributed by atoms with Gasteiger partial charge in [-0.2, -0.15) is 0 Å². The fourth-order valence-corrected chi connectivity index (χ4v) is 1.40. The molecule has 8 heteroatoms. The van der Waals surface area contributed by atoms with E-state index in [1.807, 2.05) is 0 Å². The zero-order valence-corrected chi connectivity index (χ0v) is 6.17. The molecule has 0 aromatic heterocycles. The third kappa shape index (κ3) is 7.92. The Morgan fingerprint density at radius 2 is 1.00 bits per heavy atom. The second-order valence-electron chi connectivity index (χ2n) is 1.30. The van der Waals surface area contributed by atoms with E-state index < -0.39 is 27.2 Å². The Morgan fingerprint density at radius 3 is 1.10 bits per heavy atom. The first kappa shape index (κ1) is 9.92.